The Morgan fingerprint density at radius 2 is 2.20 bits per heavy atom. The molecule has 2 aliphatic rings. The van der Waals surface area contributed by atoms with Gasteiger partial charge in [-0.3, -0.25) is 0 Å². The predicted molar refractivity (Wildman–Crippen MR) is 63.1 cm³/mol. The minimum Gasteiger partial charge on any atom is -0.380 e. The highest BCUT2D eigenvalue weighted by Gasteiger charge is 2.32. The molecule has 3 unspecified atom stereocenters. The van der Waals surface area contributed by atoms with E-state index in [2.05, 4.69) is 41.8 Å². The lowest BCUT2D eigenvalue weighted by atomic mass is 10.1. The lowest BCUT2D eigenvalue weighted by molar-refractivity contribution is 0.593. The molecule has 0 spiro atoms. The van der Waals surface area contributed by atoms with E-state index in [1.807, 2.05) is 0 Å². The Bertz CT molecular complexity index is 336. The maximum absolute atomic E-state index is 3.62. The lowest BCUT2D eigenvalue weighted by Crippen LogP contribution is -2.33. The summed E-state index contributed by atoms with van der Waals surface area (Å²) in [6.45, 7) is 3.41. The zero-order valence-corrected chi connectivity index (χ0v) is 9.16. The fraction of sp³-hybridized carbons (Fsp3) is 0.538. The number of anilines is 1. The van der Waals surface area contributed by atoms with Crippen LogP contribution in [0.3, 0.4) is 0 Å². The molecule has 1 aliphatic carbocycles. The van der Waals surface area contributed by atoms with Crippen LogP contribution in [0, 0.1) is 5.92 Å². The third kappa shape index (κ3) is 1.86. The van der Waals surface area contributed by atoms with Crippen LogP contribution in [0.2, 0.25) is 0 Å². The lowest BCUT2D eigenvalue weighted by Gasteiger charge is -2.11. The van der Waals surface area contributed by atoms with Gasteiger partial charge in [-0.15, -0.1) is 0 Å². The molecule has 0 radical (unpaired) electrons. The summed E-state index contributed by atoms with van der Waals surface area (Å²) in [7, 11) is 0. The molecule has 1 aromatic rings. The second-order valence-corrected chi connectivity index (χ2v) is 4.93. The van der Waals surface area contributed by atoms with Crippen LogP contribution >= 0.6 is 0 Å². The number of para-hydroxylation sites is 1. The maximum Gasteiger partial charge on any atom is 0.0427 e. The minimum absolute atomic E-state index is 0.593. The van der Waals surface area contributed by atoms with Crippen LogP contribution in [0.5, 0.6) is 0 Å². The summed E-state index contributed by atoms with van der Waals surface area (Å²) in [4.78, 5) is 0. The molecular weight excluding hydrogens is 184 g/mol. The predicted octanol–water partition coefficient (Wildman–Crippen LogP) is 2.02. The van der Waals surface area contributed by atoms with E-state index in [1.165, 1.54) is 24.1 Å². The van der Waals surface area contributed by atoms with Crippen LogP contribution < -0.4 is 10.6 Å². The van der Waals surface area contributed by atoms with Crippen molar-refractivity contribution in [3.8, 4) is 0 Å². The van der Waals surface area contributed by atoms with Gasteiger partial charge < -0.3 is 10.6 Å². The molecule has 80 valence electrons. The molecule has 0 bridgehead atoms. The van der Waals surface area contributed by atoms with Gasteiger partial charge in [0, 0.05) is 24.3 Å². The number of nitrogens with one attached hydrogen (secondary N) is 2. The first-order chi connectivity index (χ1) is 7.33. The van der Waals surface area contributed by atoms with Gasteiger partial charge in [-0.1, -0.05) is 25.1 Å². The van der Waals surface area contributed by atoms with Gasteiger partial charge in [-0.2, -0.15) is 0 Å². The average Bonchev–Trinajstić information content (AvgIpc) is 2.79. The monoisotopic (exact) mass is 202 g/mol. The molecule has 0 amide bonds. The minimum atomic E-state index is 0.593. The molecule has 2 N–H and O–H groups in total. The maximum atomic E-state index is 3.62. The first kappa shape index (κ1) is 9.22. The Kier molecular flexibility index (Phi) is 2.17. The van der Waals surface area contributed by atoms with Crippen molar-refractivity contribution >= 4 is 5.69 Å². The molecule has 1 fully saturated rings. The van der Waals surface area contributed by atoms with E-state index in [4.69, 9.17) is 0 Å². The first-order valence-electron chi connectivity index (χ1n) is 5.91. The highest BCUT2D eigenvalue weighted by molar-refractivity contribution is 5.56. The summed E-state index contributed by atoms with van der Waals surface area (Å²) in [5, 5.41) is 7.19. The summed E-state index contributed by atoms with van der Waals surface area (Å²) < 4.78 is 0. The van der Waals surface area contributed by atoms with E-state index in [-0.39, 0.29) is 0 Å². The summed E-state index contributed by atoms with van der Waals surface area (Å²) in [5.74, 6) is 0.897. The fourth-order valence-corrected chi connectivity index (χ4v) is 2.40. The van der Waals surface area contributed by atoms with Crippen LogP contribution in [0.15, 0.2) is 24.3 Å². The number of hydrogen-bond donors (Lipinski definition) is 2. The van der Waals surface area contributed by atoms with Crippen LogP contribution in [-0.2, 0) is 6.42 Å². The standard InChI is InChI=1S/C13H18N2/c1-9-6-13(9)14-8-11-7-10-4-2-3-5-12(10)15-11/h2-5,9,11,13-15H,6-8H2,1H3. The van der Waals surface area contributed by atoms with Gasteiger partial charge in [0.15, 0.2) is 0 Å². The quantitative estimate of drug-likeness (QED) is 0.783. The summed E-state index contributed by atoms with van der Waals surface area (Å²) in [5.41, 5.74) is 2.79. The molecule has 1 heterocycles. The number of fused-ring (bicyclic) bond motifs is 1. The average molecular weight is 202 g/mol. The van der Waals surface area contributed by atoms with Gasteiger partial charge in [-0.05, 0) is 30.4 Å². The van der Waals surface area contributed by atoms with Gasteiger partial charge in [-0.25, -0.2) is 0 Å². The Hall–Kier alpha value is -1.02. The molecule has 2 nitrogen and oxygen atoms in total. The topological polar surface area (TPSA) is 24.1 Å². The second-order valence-electron chi connectivity index (χ2n) is 4.93. The number of hydrogen-bond acceptors (Lipinski definition) is 2. The summed E-state index contributed by atoms with van der Waals surface area (Å²) in [6.07, 6.45) is 2.53. The van der Waals surface area contributed by atoms with Crippen molar-refractivity contribution < 1.29 is 0 Å². The van der Waals surface area contributed by atoms with Crippen molar-refractivity contribution in [1.29, 1.82) is 0 Å². The van der Waals surface area contributed by atoms with Gasteiger partial charge in [0.1, 0.15) is 0 Å². The third-order valence-electron chi connectivity index (χ3n) is 3.58. The molecule has 3 atom stereocenters. The second kappa shape index (κ2) is 3.53. The number of rotatable bonds is 3. The van der Waals surface area contributed by atoms with Gasteiger partial charge in [0.05, 0.1) is 0 Å². The molecule has 2 heteroatoms. The molecule has 15 heavy (non-hydrogen) atoms. The highest BCUT2D eigenvalue weighted by Crippen LogP contribution is 2.30. The highest BCUT2D eigenvalue weighted by atomic mass is 15.0. The van der Waals surface area contributed by atoms with Crippen LogP contribution in [0.4, 0.5) is 5.69 Å². The normalized spacial score (nSPS) is 32.2. The molecule has 1 aromatic carbocycles. The third-order valence-corrected chi connectivity index (χ3v) is 3.58. The van der Waals surface area contributed by atoms with Crippen molar-refractivity contribution in [2.24, 2.45) is 5.92 Å². The van der Waals surface area contributed by atoms with Crippen molar-refractivity contribution in [2.75, 3.05) is 11.9 Å². The summed E-state index contributed by atoms with van der Waals surface area (Å²) >= 11 is 0. The van der Waals surface area contributed by atoms with E-state index < -0.39 is 0 Å². The largest absolute Gasteiger partial charge is 0.380 e. The van der Waals surface area contributed by atoms with Crippen LogP contribution in [0.25, 0.3) is 0 Å². The smallest absolute Gasteiger partial charge is 0.0427 e. The van der Waals surface area contributed by atoms with E-state index in [1.54, 1.807) is 0 Å². The zero-order chi connectivity index (χ0) is 10.3. The SMILES string of the molecule is CC1CC1NCC1Cc2ccccc2N1. The van der Waals surface area contributed by atoms with Crippen LogP contribution in [0.1, 0.15) is 18.9 Å². The van der Waals surface area contributed by atoms with Gasteiger partial charge in [0.25, 0.3) is 0 Å². The van der Waals surface area contributed by atoms with Crippen molar-refractivity contribution in [2.45, 2.75) is 31.8 Å². The first-order valence-corrected chi connectivity index (χ1v) is 5.91. The van der Waals surface area contributed by atoms with E-state index in [0.29, 0.717) is 6.04 Å². The Morgan fingerprint density at radius 1 is 1.40 bits per heavy atom. The number of benzene rings is 1. The van der Waals surface area contributed by atoms with Crippen molar-refractivity contribution in [3.63, 3.8) is 0 Å². The van der Waals surface area contributed by atoms with Crippen LogP contribution in [-0.4, -0.2) is 18.6 Å². The molecule has 0 saturated heterocycles. The van der Waals surface area contributed by atoms with Crippen molar-refractivity contribution in [3.05, 3.63) is 29.8 Å². The molecular formula is C13H18N2. The van der Waals surface area contributed by atoms with E-state index >= 15 is 0 Å². The van der Waals surface area contributed by atoms with Crippen molar-refractivity contribution in [1.82, 2.24) is 5.32 Å². The molecule has 1 aliphatic heterocycles. The molecule has 3 rings (SSSR count). The Morgan fingerprint density at radius 3 is 2.93 bits per heavy atom. The zero-order valence-electron chi connectivity index (χ0n) is 9.16. The fourth-order valence-electron chi connectivity index (χ4n) is 2.40. The van der Waals surface area contributed by atoms with Gasteiger partial charge >= 0.3 is 0 Å². The Labute approximate surface area is 91.1 Å². The van der Waals surface area contributed by atoms with E-state index in [9.17, 15) is 0 Å². The summed E-state index contributed by atoms with van der Waals surface area (Å²) in [6, 6.07) is 10.0. The van der Waals surface area contributed by atoms with E-state index in [0.717, 1.165) is 18.5 Å². The Balaban J connectivity index is 1.55. The molecule has 1 saturated carbocycles. The van der Waals surface area contributed by atoms with Gasteiger partial charge in [0.2, 0.25) is 0 Å². The molecule has 0 aromatic heterocycles.